The lowest BCUT2D eigenvalue weighted by Gasteiger charge is -2.06. The first-order valence-corrected chi connectivity index (χ1v) is 8.91. The third-order valence-electron chi connectivity index (χ3n) is 3.54. The van der Waals surface area contributed by atoms with E-state index in [0.29, 0.717) is 18.2 Å². The molecule has 25 heavy (non-hydrogen) atoms. The standard InChI is InChI=1S/C21H22BrN3/c1-3-9-16(4-2)15-24-21(18-12-8-13-19(22)14-18)25-20(23)17-10-6-5-7-11-17/h3-14H,15H2,1-2H3,(H2,23,24,25)/b9-3-,16-4+. The van der Waals surface area contributed by atoms with E-state index in [0.717, 1.165) is 21.2 Å². The highest BCUT2D eigenvalue weighted by molar-refractivity contribution is 9.10. The van der Waals surface area contributed by atoms with Gasteiger partial charge in [0.15, 0.2) is 5.84 Å². The van der Waals surface area contributed by atoms with Crippen LogP contribution in [0, 0.1) is 0 Å². The molecule has 0 spiro atoms. The van der Waals surface area contributed by atoms with E-state index in [1.165, 1.54) is 0 Å². The Kier molecular flexibility index (Phi) is 7.36. The highest BCUT2D eigenvalue weighted by atomic mass is 79.9. The second-order valence-electron chi connectivity index (χ2n) is 5.38. The number of nitrogens with zero attached hydrogens (tertiary/aromatic N) is 2. The van der Waals surface area contributed by atoms with Crippen molar-refractivity contribution < 1.29 is 0 Å². The summed E-state index contributed by atoms with van der Waals surface area (Å²) in [5.74, 6) is 1.07. The molecule has 0 atom stereocenters. The van der Waals surface area contributed by atoms with E-state index >= 15 is 0 Å². The van der Waals surface area contributed by atoms with E-state index in [-0.39, 0.29) is 0 Å². The summed E-state index contributed by atoms with van der Waals surface area (Å²) in [5.41, 5.74) is 9.13. The van der Waals surface area contributed by atoms with Crippen molar-refractivity contribution in [2.75, 3.05) is 6.54 Å². The van der Waals surface area contributed by atoms with Crippen LogP contribution in [-0.4, -0.2) is 18.2 Å². The lowest BCUT2D eigenvalue weighted by atomic mass is 10.2. The largest absolute Gasteiger partial charge is 0.383 e. The van der Waals surface area contributed by atoms with Gasteiger partial charge in [0, 0.05) is 15.6 Å². The van der Waals surface area contributed by atoms with Gasteiger partial charge in [-0.15, -0.1) is 0 Å². The summed E-state index contributed by atoms with van der Waals surface area (Å²) in [6.07, 6.45) is 6.10. The smallest absolute Gasteiger partial charge is 0.157 e. The zero-order valence-electron chi connectivity index (χ0n) is 14.5. The van der Waals surface area contributed by atoms with Crippen LogP contribution in [0.15, 0.2) is 92.9 Å². The van der Waals surface area contributed by atoms with E-state index in [4.69, 9.17) is 10.7 Å². The molecule has 0 amide bonds. The van der Waals surface area contributed by atoms with Crippen LogP contribution in [0.5, 0.6) is 0 Å². The quantitative estimate of drug-likeness (QED) is 0.426. The lowest BCUT2D eigenvalue weighted by molar-refractivity contribution is 1.16. The Labute approximate surface area is 157 Å². The highest BCUT2D eigenvalue weighted by Crippen LogP contribution is 2.14. The Morgan fingerprint density at radius 1 is 1.04 bits per heavy atom. The zero-order chi connectivity index (χ0) is 18.1. The lowest BCUT2D eigenvalue weighted by Crippen LogP contribution is -2.16. The van der Waals surface area contributed by atoms with Gasteiger partial charge in [-0.3, -0.25) is 4.99 Å². The molecule has 0 aliphatic heterocycles. The Morgan fingerprint density at radius 2 is 1.76 bits per heavy atom. The summed E-state index contributed by atoms with van der Waals surface area (Å²) in [5, 5.41) is 0. The number of rotatable bonds is 5. The molecule has 0 bridgehead atoms. The van der Waals surface area contributed by atoms with Crippen LogP contribution in [0.2, 0.25) is 0 Å². The Hall–Kier alpha value is -2.46. The van der Waals surface area contributed by atoms with E-state index in [1.807, 2.05) is 86.7 Å². The van der Waals surface area contributed by atoms with Gasteiger partial charge >= 0.3 is 0 Å². The van der Waals surface area contributed by atoms with Crippen molar-refractivity contribution in [1.82, 2.24) is 0 Å². The molecule has 2 rings (SSSR count). The van der Waals surface area contributed by atoms with Crippen LogP contribution in [0.3, 0.4) is 0 Å². The number of amidine groups is 2. The van der Waals surface area contributed by atoms with Gasteiger partial charge in [0.05, 0.1) is 6.54 Å². The minimum atomic E-state index is 0.451. The van der Waals surface area contributed by atoms with Crippen LogP contribution >= 0.6 is 15.9 Å². The van der Waals surface area contributed by atoms with Crippen LogP contribution < -0.4 is 5.73 Å². The van der Waals surface area contributed by atoms with Crippen LogP contribution in [0.4, 0.5) is 0 Å². The minimum absolute atomic E-state index is 0.451. The molecule has 2 aromatic rings. The average molecular weight is 396 g/mol. The highest BCUT2D eigenvalue weighted by Gasteiger charge is 2.06. The first kappa shape index (κ1) is 18.9. The number of benzene rings is 2. The first-order chi connectivity index (χ1) is 12.1. The molecule has 0 saturated heterocycles. The molecular formula is C21H22BrN3. The molecule has 3 nitrogen and oxygen atoms in total. The Morgan fingerprint density at radius 3 is 2.40 bits per heavy atom. The van der Waals surface area contributed by atoms with Gasteiger partial charge in [0.25, 0.3) is 0 Å². The van der Waals surface area contributed by atoms with Gasteiger partial charge in [-0.05, 0) is 31.6 Å². The number of allylic oxidation sites excluding steroid dienone is 2. The van der Waals surface area contributed by atoms with Gasteiger partial charge in [0.1, 0.15) is 5.84 Å². The average Bonchev–Trinajstić information content (AvgIpc) is 2.64. The number of nitrogens with two attached hydrogens (primary N) is 1. The molecule has 128 valence electrons. The molecule has 0 unspecified atom stereocenters. The van der Waals surface area contributed by atoms with Crippen molar-refractivity contribution in [2.45, 2.75) is 13.8 Å². The van der Waals surface area contributed by atoms with Crippen molar-refractivity contribution >= 4 is 27.6 Å². The third-order valence-corrected chi connectivity index (χ3v) is 4.03. The predicted octanol–water partition coefficient (Wildman–Crippen LogP) is 5.12. The molecule has 0 heterocycles. The minimum Gasteiger partial charge on any atom is -0.383 e. The van der Waals surface area contributed by atoms with E-state index in [1.54, 1.807) is 0 Å². The fourth-order valence-electron chi connectivity index (χ4n) is 2.23. The van der Waals surface area contributed by atoms with Crippen molar-refractivity contribution in [3.8, 4) is 0 Å². The second-order valence-corrected chi connectivity index (χ2v) is 6.29. The van der Waals surface area contributed by atoms with Gasteiger partial charge < -0.3 is 5.73 Å². The van der Waals surface area contributed by atoms with Crippen LogP contribution in [0.1, 0.15) is 25.0 Å². The maximum atomic E-state index is 6.20. The van der Waals surface area contributed by atoms with Crippen molar-refractivity contribution in [3.63, 3.8) is 0 Å². The van der Waals surface area contributed by atoms with Gasteiger partial charge in [0.2, 0.25) is 0 Å². The summed E-state index contributed by atoms with van der Waals surface area (Å²) in [7, 11) is 0. The molecule has 0 fully saturated rings. The third kappa shape index (κ3) is 5.84. The van der Waals surface area contributed by atoms with Crippen LogP contribution in [0.25, 0.3) is 0 Å². The van der Waals surface area contributed by atoms with Gasteiger partial charge in [-0.2, -0.15) is 0 Å². The summed E-state index contributed by atoms with van der Waals surface area (Å²) in [6, 6.07) is 17.6. The summed E-state index contributed by atoms with van der Waals surface area (Å²) in [6.45, 7) is 4.55. The molecule has 0 saturated carbocycles. The predicted molar refractivity (Wildman–Crippen MR) is 111 cm³/mol. The normalized spacial score (nSPS) is 13.5. The molecule has 0 aliphatic rings. The summed E-state index contributed by atoms with van der Waals surface area (Å²) in [4.78, 5) is 9.30. The monoisotopic (exact) mass is 395 g/mol. The second kappa shape index (κ2) is 9.74. The van der Waals surface area contributed by atoms with Gasteiger partial charge in [-0.1, -0.05) is 76.6 Å². The molecule has 0 aromatic heterocycles. The molecule has 0 aliphatic carbocycles. The van der Waals surface area contributed by atoms with Crippen LogP contribution in [-0.2, 0) is 0 Å². The molecule has 0 radical (unpaired) electrons. The molecule has 2 aromatic carbocycles. The Bertz CT molecular complexity index is 818. The number of hydrogen-bond donors (Lipinski definition) is 1. The summed E-state index contributed by atoms with van der Waals surface area (Å²) >= 11 is 3.50. The zero-order valence-corrected chi connectivity index (χ0v) is 16.1. The van der Waals surface area contributed by atoms with Crippen molar-refractivity contribution in [2.24, 2.45) is 15.7 Å². The fraction of sp³-hybridized carbons (Fsp3) is 0.143. The molecule has 4 heteroatoms. The molecule has 2 N–H and O–H groups in total. The number of aliphatic imine (C=N–C) groups is 2. The summed E-state index contributed by atoms with van der Waals surface area (Å²) < 4.78 is 0.978. The molecular weight excluding hydrogens is 374 g/mol. The maximum Gasteiger partial charge on any atom is 0.157 e. The SMILES string of the molecule is C/C=C\C(=C/C)CN=C(N=C(N)c1ccccc1)c1cccc(Br)c1. The number of halogens is 1. The van der Waals surface area contributed by atoms with E-state index in [2.05, 4.69) is 20.9 Å². The number of hydrogen-bond acceptors (Lipinski definition) is 1. The van der Waals surface area contributed by atoms with E-state index < -0.39 is 0 Å². The van der Waals surface area contributed by atoms with Crippen molar-refractivity contribution in [3.05, 3.63) is 94.0 Å². The van der Waals surface area contributed by atoms with Gasteiger partial charge in [-0.25, -0.2) is 4.99 Å². The maximum absolute atomic E-state index is 6.20. The topological polar surface area (TPSA) is 50.7 Å². The fourth-order valence-corrected chi connectivity index (χ4v) is 2.63. The van der Waals surface area contributed by atoms with Crippen molar-refractivity contribution in [1.29, 1.82) is 0 Å². The van der Waals surface area contributed by atoms with E-state index in [9.17, 15) is 0 Å². The first-order valence-electron chi connectivity index (χ1n) is 8.12. The Balaban J connectivity index is 2.42.